The molecule has 0 bridgehead atoms. The maximum Gasteiger partial charge on any atom is 0.223 e. The SMILES string of the molecule is COc1cc(/C=C/c2cnc(Cl)nc2Cl)ccc1F. The van der Waals surface area contributed by atoms with Crippen molar-refractivity contribution in [2.45, 2.75) is 0 Å². The Kier molecular flexibility index (Phi) is 4.35. The molecule has 1 heterocycles. The summed E-state index contributed by atoms with van der Waals surface area (Å²) in [5.41, 5.74) is 1.39. The third-order valence-electron chi connectivity index (χ3n) is 2.37. The van der Waals surface area contributed by atoms with Crippen LogP contribution in [0, 0.1) is 5.82 Å². The zero-order valence-corrected chi connectivity index (χ0v) is 11.4. The smallest absolute Gasteiger partial charge is 0.223 e. The summed E-state index contributed by atoms with van der Waals surface area (Å²) in [6, 6.07) is 4.54. The third kappa shape index (κ3) is 3.43. The van der Waals surface area contributed by atoms with Crippen molar-refractivity contribution in [2.75, 3.05) is 7.11 Å². The van der Waals surface area contributed by atoms with E-state index in [1.165, 1.54) is 19.4 Å². The molecule has 19 heavy (non-hydrogen) atoms. The summed E-state index contributed by atoms with van der Waals surface area (Å²) >= 11 is 11.5. The van der Waals surface area contributed by atoms with Crippen LogP contribution in [0.4, 0.5) is 4.39 Å². The van der Waals surface area contributed by atoms with Crippen LogP contribution < -0.4 is 4.74 Å². The van der Waals surface area contributed by atoms with Crippen molar-refractivity contribution < 1.29 is 9.13 Å². The van der Waals surface area contributed by atoms with E-state index in [4.69, 9.17) is 27.9 Å². The lowest BCUT2D eigenvalue weighted by atomic mass is 10.1. The molecule has 3 nitrogen and oxygen atoms in total. The Morgan fingerprint density at radius 2 is 2.05 bits per heavy atom. The Labute approximate surface area is 119 Å². The molecule has 0 spiro atoms. The van der Waals surface area contributed by atoms with E-state index in [9.17, 15) is 4.39 Å². The molecule has 0 radical (unpaired) electrons. The van der Waals surface area contributed by atoms with Gasteiger partial charge in [-0.1, -0.05) is 23.7 Å². The Balaban J connectivity index is 2.27. The van der Waals surface area contributed by atoms with E-state index in [1.807, 2.05) is 0 Å². The number of rotatable bonds is 3. The minimum absolute atomic E-state index is 0.0885. The molecule has 0 amide bonds. The highest BCUT2D eigenvalue weighted by molar-refractivity contribution is 6.32. The molecular formula is C13H9Cl2FN2O. The van der Waals surface area contributed by atoms with Crippen molar-refractivity contribution in [3.05, 3.63) is 51.8 Å². The average Bonchev–Trinajstić information content (AvgIpc) is 2.39. The minimum Gasteiger partial charge on any atom is -0.494 e. The van der Waals surface area contributed by atoms with Crippen molar-refractivity contribution >= 4 is 35.4 Å². The predicted molar refractivity (Wildman–Crippen MR) is 73.9 cm³/mol. The highest BCUT2D eigenvalue weighted by Gasteiger charge is 2.03. The molecule has 0 aliphatic carbocycles. The Bertz CT molecular complexity index is 632. The second-order valence-corrected chi connectivity index (χ2v) is 4.31. The first-order valence-electron chi connectivity index (χ1n) is 5.30. The second-order valence-electron chi connectivity index (χ2n) is 3.61. The minimum atomic E-state index is -0.410. The van der Waals surface area contributed by atoms with Gasteiger partial charge < -0.3 is 4.74 Å². The van der Waals surface area contributed by atoms with Crippen LogP contribution in [-0.4, -0.2) is 17.1 Å². The van der Waals surface area contributed by atoms with E-state index < -0.39 is 5.82 Å². The lowest BCUT2D eigenvalue weighted by Crippen LogP contribution is -1.88. The van der Waals surface area contributed by atoms with Gasteiger partial charge in [0.05, 0.1) is 7.11 Å². The lowest BCUT2D eigenvalue weighted by molar-refractivity contribution is 0.386. The molecule has 0 unspecified atom stereocenters. The fraction of sp³-hybridized carbons (Fsp3) is 0.0769. The summed E-state index contributed by atoms with van der Waals surface area (Å²) in [5.74, 6) is -0.229. The van der Waals surface area contributed by atoms with Crippen molar-refractivity contribution in [2.24, 2.45) is 0 Å². The van der Waals surface area contributed by atoms with Crippen LogP contribution in [0.5, 0.6) is 5.75 Å². The van der Waals surface area contributed by atoms with Crippen LogP contribution in [0.2, 0.25) is 10.4 Å². The van der Waals surface area contributed by atoms with Crippen LogP contribution in [0.3, 0.4) is 0 Å². The number of hydrogen-bond donors (Lipinski definition) is 0. The quantitative estimate of drug-likeness (QED) is 0.632. The van der Waals surface area contributed by atoms with Crippen molar-refractivity contribution in [1.29, 1.82) is 0 Å². The van der Waals surface area contributed by atoms with Gasteiger partial charge in [-0.2, -0.15) is 0 Å². The Morgan fingerprint density at radius 3 is 2.74 bits per heavy atom. The molecule has 0 atom stereocenters. The van der Waals surface area contributed by atoms with Crippen LogP contribution in [0.1, 0.15) is 11.1 Å². The van der Waals surface area contributed by atoms with Crippen LogP contribution in [-0.2, 0) is 0 Å². The molecule has 6 heteroatoms. The maximum atomic E-state index is 13.2. The van der Waals surface area contributed by atoms with Crippen LogP contribution >= 0.6 is 23.2 Å². The van der Waals surface area contributed by atoms with Crippen molar-refractivity contribution in [1.82, 2.24) is 9.97 Å². The molecule has 0 fully saturated rings. The van der Waals surface area contributed by atoms with Gasteiger partial charge in [0.2, 0.25) is 5.28 Å². The number of nitrogens with zero attached hydrogens (tertiary/aromatic N) is 2. The Morgan fingerprint density at radius 1 is 1.26 bits per heavy atom. The number of methoxy groups -OCH3 is 1. The average molecular weight is 299 g/mol. The fourth-order valence-electron chi connectivity index (χ4n) is 1.43. The summed E-state index contributed by atoms with van der Waals surface area (Å²) in [6.45, 7) is 0. The molecule has 0 aliphatic rings. The van der Waals surface area contributed by atoms with E-state index in [0.717, 1.165) is 5.56 Å². The first-order chi connectivity index (χ1) is 9.10. The van der Waals surface area contributed by atoms with E-state index in [-0.39, 0.29) is 16.2 Å². The first kappa shape index (κ1) is 13.8. The van der Waals surface area contributed by atoms with Crippen LogP contribution in [0.15, 0.2) is 24.4 Å². The van der Waals surface area contributed by atoms with Gasteiger partial charge in [0.15, 0.2) is 11.6 Å². The number of hydrogen-bond acceptors (Lipinski definition) is 3. The molecule has 98 valence electrons. The molecule has 1 aromatic carbocycles. The fourth-order valence-corrected chi connectivity index (χ4v) is 1.80. The van der Waals surface area contributed by atoms with E-state index >= 15 is 0 Å². The molecule has 0 N–H and O–H groups in total. The monoisotopic (exact) mass is 298 g/mol. The number of aromatic nitrogens is 2. The summed E-state index contributed by atoms with van der Waals surface area (Å²) in [6.07, 6.45) is 4.97. The highest BCUT2D eigenvalue weighted by atomic mass is 35.5. The molecule has 1 aromatic heterocycles. The van der Waals surface area contributed by atoms with Gasteiger partial charge in [-0.15, -0.1) is 0 Å². The van der Waals surface area contributed by atoms with Crippen LogP contribution in [0.25, 0.3) is 12.2 Å². The third-order valence-corrected chi connectivity index (χ3v) is 2.85. The summed E-state index contributed by atoms with van der Waals surface area (Å²) in [4.78, 5) is 7.65. The maximum absolute atomic E-state index is 13.2. The first-order valence-corrected chi connectivity index (χ1v) is 6.05. The molecule has 0 aliphatic heterocycles. The zero-order valence-electron chi connectivity index (χ0n) is 9.90. The van der Waals surface area contributed by atoms with Gasteiger partial charge in [0.1, 0.15) is 5.15 Å². The number of halogens is 3. The summed E-state index contributed by atoms with van der Waals surface area (Å²) in [7, 11) is 1.41. The standard InChI is InChI=1S/C13H9Cl2FN2O/c1-19-11-6-8(3-5-10(11)16)2-4-9-7-17-13(15)18-12(9)14/h2-7H,1H3/b4-2+. The predicted octanol–water partition coefficient (Wildman–Crippen LogP) is 4.10. The van der Waals surface area contributed by atoms with E-state index in [0.29, 0.717) is 5.56 Å². The highest BCUT2D eigenvalue weighted by Crippen LogP contribution is 2.21. The summed E-state index contributed by atoms with van der Waals surface area (Å²) in [5, 5.41) is 0.343. The topological polar surface area (TPSA) is 35.0 Å². The van der Waals surface area contributed by atoms with Gasteiger partial charge in [-0.3, -0.25) is 0 Å². The van der Waals surface area contributed by atoms with Gasteiger partial charge >= 0.3 is 0 Å². The van der Waals surface area contributed by atoms with Crippen molar-refractivity contribution in [3.8, 4) is 5.75 Å². The van der Waals surface area contributed by atoms with Crippen molar-refractivity contribution in [3.63, 3.8) is 0 Å². The van der Waals surface area contributed by atoms with E-state index in [2.05, 4.69) is 9.97 Å². The van der Waals surface area contributed by atoms with Gasteiger partial charge in [-0.25, -0.2) is 14.4 Å². The molecule has 0 saturated heterocycles. The van der Waals surface area contributed by atoms with Gasteiger partial charge in [-0.05, 0) is 35.4 Å². The normalized spacial score (nSPS) is 10.9. The molecule has 0 saturated carbocycles. The second kappa shape index (κ2) is 5.99. The summed E-state index contributed by atoms with van der Waals surface area (Å²) < 4.78 is 18.1. The van der Waals surface area contributed by atoms with Gasteiger partial charge in [0, 0.05) is 11.8 Å². The number of benzene rings is 1. The lowest BCUT2D eigenvalue weighted by Gasteiger charge is -2.02. The largest absolute Gasteiger partial charge is 0.494 e. The number of ether oxygens (including phenoxy) is 1. The van der Waals surface area contributed by atoms with E-state index in [1.54, 1.807) is 24.3 Å². The Hall–Kier alpha value is -1.65. The molecular weight excluding hydrogens is 290 g/mol. The van der Waals surface area contributed by atoms with Gasteiger partial charge in [0.25, 0.3) is 0 Å². The zero-order chi connectivity index (χ0) is 13.8. The molecule has 2 aromatic rings. The molecule has 2 rings (SSSR count).